The minimum Gasteiger partial charge on any atom is -0.309 e. The Morgan fingerprint density at radius 1 is 1.17 bits per heavy atom. The van der Waals surface area contributed by atoms with Gasteiger partial charge >= 0.3 is 0 Å². The summed E-state index contributed by atoms with van der Waals surface area (Å²) in [4.78, 5) is 2.48. The van der Waals surface area contributed by atoms with Crippen LogP contribution in [0.25, 0.3) is 0 Å². The van der Waals surface area contributed by atoms with E-state index in [-0.39, 0.29) is 0 Å². The summed E-state index contributed by atoms with van der Waals surface area (Å²) in [5.74, 6) is 0. The van der Waals surface area contributed by atoms with Crippen LogP contribution in [0.2, 0.25) is 0 Å². The fourth-order valence-electron chi connectivity index (χ4n) is 3.33. The molecule has 0 saturated heterocycles. The fourth-order valence-corrected chi connectivity index (χ4v) is 3.33. The normalized spacial score (nSPS) is 21.4. The molecule has 0 aromatic heterocycles. The lowest BCUT2D eigenvalue weighted by molar-refractivity contribution is 0.0992. The van der Waals surface area contributed by atoms with Crippen LogP contribution in [-0.2, 0) is 0 Å². The Morgan fingerprint density at radius 2 is 1.72 bits per heavy atom. The van der Waals surface area contributed by atoms with Crippen molar-refractivity contribution in [1.82, 2.24) is 10.2 Å². The molecule has 0 aromatic rings. The van der Waals surface area contributed by atoms with Crippen LogP contribution >= 0.6 is 0 Å². The summed E-state index contributed by atoms with van der Waals surface area (Å²) in [5, 5.41) is 3.72. The number of nitrogens with zero attached hydrogens (tertiary/aromatic N) is 1. The van der Waals surface area contributed by atoms with E-state index in [2.05, 4.69) is 51.2 Å². The zero-order valence-electron chi connectivity index (χ0n) is 13.1. The van der Waals surface area contributed by atoms with Crippen molar-refractivity contribution in [3.63, 3.8) is 0 Å². The monoisotopic (exact) mass is 252 g/mol. The molecule has 0 amide bonds. The lowest BCUT2D eigenvalue weighted by Crippen LogP contribution is -2.58. The van der Waals surface area contributed by atoms with Crippen molar-refractivity contribution in [2.75, 3.05) is 20.6 Å². The van der Waals surface area contributed by atoms with Crippen molar-refractivity contribution < 1.29 is 0 Å². The predicted molar refractivity (Wildman–Crippen MR) is 81.0 cm³/mol. The second kappa shape index (κ2) is 7.30. The highest BCUT2D eigenvalue weighted by Gasteiger charge is 2.39. The molecule has 0 aliphatic heterocycles. The molecule has 0 bridgehead atoms. The summed E-state index contributed by atoms with van der Waals surface area (Å²) in [6.07, 6.45) is 10.6. The molecule has 1 saturated carbocycles. The van der Waals surface area contributed by atoms with E-state index in [1.165, 1.54) is 44.1 Å². The van der Waals surface area contributed by atoms with Crippen LogP contribution in [0, 0.1) is 0 Å². The molecule has 1 rings (SSSR count). The van der Waals surface area contributed by atoms with Crippen molar-refractivity contribution in [3.8, 4) is 0 Å². The molecule has 0 heterocycles. The molecule has 1 N–H and O–H groups in total. The first-order valence-electron chi connectivity index (χ1n) is 7.59. The van der Waals surface area contributed by atoms with Gasteiger partial charge in [0.05, 0.1) is 0 Å². The molecule has 1 aliphatic carbocycles. The van der Waals surface area contributed by atoms with Crippen molar-refractivity contribution in [1.29, 1.82) is 0 Å². The maximum absolute atomic E-state index is 3.72. The maximum atomic E-state index is 3.72. The summed E-state index contributed by atoms with van der Waals surface area (Å²) in [5.41, 5.74) is 1.73. The van der Waals surface area contributed by atoms with Gasteiger partial charge in [0.25, 0.3) is 0 Å². The van der Waals surface area contributed by atoms with E-state index in [0.29, 0.717) is 11.6 Å². The lowest BCUT2D eigenvalue weighted by Gasteiger charge is -2.45. The van der Waals surface area contributed by atoms with Crippen LogP contribution in [0.15, 0.2) is 11.6 Å². The third kappa shape index (κ3) is 3.83. The number of likely N-dealkylation sites (N-methyl/N-ethyl adjacent to an activating group) is 2. The number of hydrogen-bond donors (Lipinski definition) is 1. The van der Waals surface area contributed by atoms with E-state index in [4.69, 9.17) is 0 Å². The Labute approximate surface area is 114 Å². The first-order valence-corrected chi connectivity index (χ1v) is 7.59. The van der Waals surface area contributed by atoms with E-state index in [9.17, 15) is 0 Å². The Bertz CT molecular complexity index is 256. The van der Waals surface area contributed by atoms with Gasteiger partial charge in [0.1, 0.15) is 0 Å². The van der Waals surface area contributed by atoms with E-state index >= 15 is 0 Å². The van der Waals surface area contributed by atoms with E-state index in [1.807, 2.05) is 0 Å². The summed E-state index contributed by atoms with van der Waals surface area (Å²) in [6.45, 7) is 7.69. The molecule has 106 valence electrons. The molecule has 2 heteroatoms. The maximum Gasteiger partial charge on any atom is 0.0438 e. The number of rotatable bonds is 5. The summed E-state index contributed by atoms with van der Waals surface area (Å²) in [7, 11) is 4.52. The number of hydrogen-bond acceptors (Lipinski definition) is 2. The minimum atomic E-state index is 0.309. The molecule has 1 atom stereocenters. The molecule has 0 radical (unpaired) electrons. The summed E-state index contributed by atoms with van der Waals surface area (Å²) >= 11 is 0. The van der Waals surface area contributed by atoms with Gasteiger partial charge < -0.3 is 10.2 Å². The molecule has 1 aliphatic rings. The number of nitrogens with one attached hydrogen (secondary N) is 1. The SMILES string of the molecule is CCNC(C=C(C)C)C1(N(C)C)CCCCCC1. The van der Waals surface area contributed by atoms with Crippen LogP contribution in [0.3, 0.4) is 0 Å². The van der Waals surface area contributed by atoms with Crippen LogP contribution in [-0.4, -0.2) is 37.1 Å². The van der Waals surface area contributed by atoms with E-state index in [0.717, 1.165) is 6.54 Å². The molecule has 0 spiro atoms. The highest BCUT2D eigenvalue weighted by atomic mass is 15.2. The smallest absolute Gasteiger partial charge is 0.0438 e. The first kappa shape index (κ1) is 15.7. The van der Waals surface area contributed by atoms with Gasteiger partial charge in [-0.2, -0.15) is 0 Å². The second-order valence-electron chi connectivity index (χ2n) is 6.19. The third-order valence-corrected chi connectivity index (χ3v) is 4.36. The van der Waals surface area contributed by atoms with Crippen molar-refractivity contribution in [3.05, 3.63) is 11.6 Å². The third-order valence-electron chi connectivity index (χ3n) is 4.36. The van der Waals surface area contributed by atoms with Crippen LogP contribution in [0.4, 0.5) is 0 Å². The zero-order chi connectivity index (χ0) is 13.6. The molecular weight excluding hydrogens is 220 g/mol. The molecule has 0 aromatic carbocycles. The lowest BCUT2D eigenvalue weighted by atomic mass is 9.80. The standard InChI is InChI=1S/C16H32N2/c1-6-17-15(13-14(2)3)16(18(4)5)11-9-7-8-10-12-16/h13,15,17H,6-12H2,1-5H3. The highest BCUT2D eigenvalue weighted by molar-refractivity contribution is 5.12. The van der Waals surface area contributed by atoms with Gasteiger partial charge in [-0.1, -0.05) is 44.3 Å². The van der Waals surface area contributed by atoms with Gasteiger partial charge in [0.2, 0.25) is 0 Å². The van der Waals surface area contributed by atoms with Crippen molar-refractivity contribution in [2.24, 2.45) is 0 Å². The Morgan fingerprint density at radius 3 is 2.11 bits per heavy atom. The van der Waals surface area contributed by atoms with Gasteiger partial charge in [0.15, 0.2) is 0 Å². The highest BCUT2D eigenvalue weighted by Crippen LogP contribution is 2.35. The average molecular weight is 252 g/mol. The Balaban J connectivity index is 3.00. The van der Waals surface area contributed by atoms with Gasteiger partial charge in [-0.15, -0.1) is 0 Å². The van der Waals surface area contributed by atoms with Crippen LogP contribution < -0.4 is 5.32 Å². The Hall–Kier alpha value is -0.340. The van der Waals surface area contributed by atoms with E-state index in [1.54, 1.807) is 0 Å². The van der Waals surface area contributed by atoms with Gasteiger partial charge in [-0.05, 0) is 47.3 Å². The quantitative estimate of drug-likeness (QED) is 0.594. The first-order chi connectivity index (χ1) is 8.53. The Kier molecular flexibility index (Phi) is 6.37. The molecular formula is C16H32N2. The van der Waals surface area contributed by atoms with Crippen molar-refractivity contribution in [2.45, 2.75) is 70.9 Å². The van der Waals surface area contributed by atoms with Crippen LogP contribution in [0.5, 0.6) is 0 Å². The largest absolute Gasteiger partial charge is 0.309 e. The second-order valence-corrected chi connectivity index (χ2v) is 6.19. The topological polar surface area (TPSA) is 15.3 Å². The average Bonchev–Trinajstić information content (AvgIpc) is 2.54. The minimum absolute atomic E-state index is 0.309. The van der Waals surface area contributed by atoms with Gasteiger partial charge in [0, 0.05) is 11.6 Å². The number of allylic oxidation sites excluding steroid dienone is 1. The molecule has 2 nitrogen and oxygen atoms in total. The predicted octanol–water partition coefficient (Wildman–Crippen LogP) is 3.59. The van der Waals surface area contributed by atoms with Crippen LogP contribution in [0.1, 0.15) is 59.3 Å². The van der Waals surface area contributed by atoms with Crippen molar-refractivity contribution >= 4 is 0 Å². The summed E-state index contributed by atoms with van der Waals surface area (Å²) in [6, 6.07) is 0.487. The summed E-state index contributed by atoms with van der Waals surface area (Å²) < 4.78 is 0. The molecule has 1 unspecified atom stereocenters. The van der Waals surface area contributed by atoms with Gasteiger partial charge in [-0.3, -0.25) is 0 Å². The van der Waals surface area contributed by atoms with E-state index < -0.39 is 0 Å². The zero-order valence-corrected chi connectivity index (χ0v) is 13.1. The molecule has 18 heavy (non-hydrogen) atoms. The molecule has 1 fully saturated rings. The fraction of sp³-hybridized carbons (Fsp3) is 0.875. The van der Waals surface area contributed by atoms with Gasteiger partial charge in [-0.25, -0.2) is 0 Å².